The van der Waals surface area contributed by atoms with Crippen LogP contribution in [0.25, 0.3) is 11.6 Å². The largest absolute Gasteiger partial charge is 0.464 e. The van der Waals surface area contributed by atoms with Crippen LogP contribution < -0.4 is 5.32 Å². The number of hydrogen-bond donors (Lipinski definition) is 2. The number of carbonyl (C=O) groups is 2. The van der Waals surface area contributed by atoms with E-state index in [-0.39, 0.29) is 19.6 Å². The zero-order valence-corrected chi connectivity index (χ0v) is 26.9. The van der Waals surface area contributed by atoms with Gasteiger partial charge in [0.2, 0.25) is 0 Å². The molecule has 0 aliphatic heterocycles. The summed E-state index contributed by atoms with van der Waals surface area (Å²) in [7, 11) is 0.778. The highest BCUT2D eigenvalue weighted by molar-refractivity contribution is 5.94. The van der Waals surface area contributed by atoms with E-state index in [1.807, 2.05) is 19.2 Å². The van der Waals surface area contributed by atoms with Gasteiger partial charge in [0.05, 0.1) is 31.6 Å². The van der Waals surface area contributed by atoms with Crippen LogP contribution in [0.4, 0.5) is 36.8 Å². The molecule has 1 aromatic carbocycles. The van der Waals surface area contributed by atoms with Crippen molar-refractivity contribution in [3.8, 4) is 11.6 Å². The molecule has 0 bridgehead atoms. The van der Waals surface area contributed by atoms with Crippen LogP contribution in [0.1, 0.15) is 68.5 Å². The molecule has 0 aliphatic rings. The van der Waals surface area contributed by atoms with E-state index in [9.17, 15) is 35.9 Å². The van der Waals surface area contributed by atoms with Crippen LogP contribution in [-0.4, -0.2) is 71.1 Å². The first kappa shape index (κ1) is 39.9. The van der Waals surface area contributed by atoms with Gasteiger partial charge in [0.15, 0.2) is 11.4 Å². The minimum atomic E-state index is -5.28. The number of esters is 1. The molecule has 2 N–H and O–H groups in total. The molecule has 0 saturated heterocycles. The molecule has 266 valence electrons. The highest BCUT2D eigenvalue weighted by Gasteiger charge is 2.62. The predicted octanol–water partition coefficient (Wildman–Crippen LogP) is 6.68. The molecule has 0 spiro atoms. The van der Waals surface area contributed by atoms with Crippen LogP contribution in [-0.2, 0) is 37.3 Å². The second-order valence-electron chi connectivity index (χ2n) is 10.5. The Labute approximate surface area is 271 Å². The average molecular weight is 695 g/mol. The van der Waals surface area contributed by atoms with Crippen molar-refractivity contribution in [2.24, 2.45) is 0 Å². The molecule has 12 nitrogen and oxygen atoms in total. The number of nitrogens with one attached hydrogen (secondary N) is 1. The van der Waals surface area contributed by atoms with Crippen molar-refractivity contribution in [3.63, 3.8) is 0 Å². The normalized spacial score (nSPS) is 13.2. The van der Waals surface area contributed by atoms with Crippen molar-refractivity contribution in [3.05, 3.63) is 59.1 Å². The van der Waals surface area contributed by atoms with Crippen LogP contribution in [0.2, 0.25) is 0 Å². The molecule has 1 amide bonds. The summed E-state index contributed by atoms with van der Waals surface area (Å²) in [6, 6.07) is 8.02. The van der Waals surface area contributed by atoms with Crippen LogP contribution in [0.3, 0.4) is 0 Å². The van der Waals surface area contributed by atoms with Crippen molar-refractivity contribution < 1.29 is 64.4 Å². The standard InChI is InChI=1S/C28H30F6N4O8.C2H6/c1-25(2,3)46-24(41)35-18-13-17(27(29,30)31)19(22(40)42-4)36-20(18)21-37-38-23(45-21)26(28(32,33)34,15-43-12-8-11-39)44-14-16-9-6-5-7-10-16;1-2/h5-7,9-10,13,39H,8,11-12,14-15H2,1-4H3,(H,35,41);1-2H3. The SMILES string of the molecule is CC.COC(=O)c1nc(-c2nnc(C(COCCCO)(OCc3ccccc3)C(F)(F)F)o2)c(NC(=O)OC(C)(C)C)cc1C(F)(F)F. The first-order chi connectivity index (χ1) is 22.4. The average Bonchev–Trinajstić information content (AvgIpc) is 3.50. The van der Waals surface area contributed by atoms with Crippen LogP contribution in [0.5, 0.6) is 0 Å². The molecule has 0 aliphatic carbocycles. The minimum absolute atomic E-state index is 0.0207. The minimum Gasteiger partial charge on any atom is -0.464 e. The Kier molecular flexibility index (Phi) is 13.9. The Morgan fingerprint density at radius 1 is 1.00 bits per heavy atom. The number of aliphatic hydroxyl groups excluding tert-OH is 1. The monoisotopic (exact) mass is 694 g/mol. The molecular formula is C30H36F6N4O8. The molecule has 1 unspecified atom stereocenters. The molecule has 2 heterocycles. The molecule has 18 heteroatoms. The molecule has 0 radical (unpaired) electrons. The number of anilines is 1. The zero-order valence-electron chi connectivity index (χ0n) is 26.9. The maximum absolute atomic E-state index is 14.8. The Hall–Kier alpha value is -4.29. The van der Waals surface area contributed by atoms with Crippen molar-refractivity contribution in [1.29, 1.82) is 0 Å². The first-order valence-corrected chi connectivity index (χ1v) is 14.4. The molecule has 1 atom stereocenters. The molecule has 48 heavy (non-hydrogen) atoms. The van der Waals surface area contributed by atoms with Crippen molar-refractivity contribution in [2.75, 3.05) is 32.2 Å². The zero-order chi connectivity index (χ0) is 36.3. The summed E-state index contributed by atoms with van der Waals surface area (Å²) in [6.07, 6.45) is -11.8. The van der Waals surface area contributed by atoms with Gasteiger partial charge in [-0.05, 0) is 38.8 Å². The Morgan fingerprint density at radius 3 is 2.19 bits per heavy atom. The van der Waals surface area contributed by atoms with Gasteiger partial charge in [-0.1, -0.05) is 44.2 Å². The smallest absolute Gasteiger partial charge is 0.428 e. The third kappa shape index (κ3) is 10.4. The number of benzene rings is 1. The number of pyridine rings is 1. The van der Waals surface area contributed by atoms with Crippen molar-refractivity contribution in [2.45, 2.75) is 71.2 Å². The quantitative estimate of drug-likeness (QED) is 0.118. The third-order valence-corrected chi connectivity index (χ3v) is 5.85. The number of carbonyl (C=O) groups excluding carboxylic acids is 2. The Morgan fingerprint density at radius 2 is 1.65 bits per heavy atom. The van der Waals surface area contributed by atoms with E-state index in [1.54, 1.807) is 18.2 Å². The molecule has 3 aromatic rings. The highest BCUT2D eigenvalue weighted by Crippen LogP contribution is 2.44. The number of aliphatic hydroxyl groups is 1. The number of nitrogens with zero attached hydrogens (tertiary/aromatic N) is 3. The van der Waals surface area contributed by atoms with Crippen molar-refractivity contribution in [1.82, 2.24) is 15.2 Å². The number of methoxy groups -OCH3 is 1. The van der Waals surface area contributed by atoms with Gasteiger partial charge >= 0.3 is 24.4 Å². The molecular weight excluding hydrogens is 658 g/mol. The van der Waals surface area contributed by atoms with Crippen LogP contribution >= 0.6 is 0 Å². The lowest BCUT2D eigenvalue weighted by Gasteiger charge is -2.32. The fourth-order valence-corrected chi connectivity index (χ4v) is 3.75. The number of amides is 1. The number of halogens is 6. The number of alkyl halides is 6. The summed E-state index contributed by atoms with van der Waals surface area (Å²) in [5, 5.41) is 18.1. The molecule has 2 aromatic heterocycles. The van der Waals surface area contributed by atoms with Gasteiger partial charge in [0.1, 0.15) is 5.60 Å². The van der Waals surface area contributed by atoms with Crippen molar-refractivity contribution >= 4 is 17.7 Å². The summed E-state index contributed by atoms with van der Waals surface area (Å²) in [6.45, 7) is 5.83. The van der Waals surface area contributed by atoms with E-state index in [1.165, 1.54) is 32.9 Å². The van der Waals surface area contributed by atoms with E-state index < -0.39 is 83.3 Å². The number of ether oxygens (including phenoxy) is 4. The van der Waals surface area contributed by atoms with Gasteiger partial charge in [0.25, 0.3) is 17.4 Å². The number of aromatic nitrogens is 3. The van der Waals surface area contributed by atoms with E-state index in [4.69, 9.17) is 23.7 Å². The molecule has 0 fully saturated rings. The summed E-state index contributed by atoms with van der Waals surface area (Å²) < 4.78 is 112. The second kappa shape index (κ2) is 16.7. The summed E-state index contributed by atoms with van der Waals surface area (Å²) in [5.41, 5.74) is -8.81. The summed E-state index contributed by atoms with van der Waals surface area (Å²) in [5.74, 6) is -3.74. The molecule has 0 saturated carbocycles. The lowest BCUT2D eigenvalue weighted by atomic mass is 10.0. The third-order valence-electron chi connectivity index (χ3n) is 5.85. The fraction of sp³-hybridized carbons (Fsp3) is 0.500. The van der Waals surface area contributed by atoms with E-state index >= 15 is 0 Å². The summed E-state index contributed by atoms with van der Waals surface area (Å²) in [4.78, 5) is 28.5. The van der Waals surface area contributed by atoms with Gasteiger partial charge in [-0.3, -0.25) is 5.32 Å². The Balaban J connectivity index is 0.00000392. The fourth-order valence-electron chi connectivity index (χ4n) is 3.75. The Bertz CT molecular complexity index is 1490. The van der Waals surface area contributed by atoms with Crippen LogP contribution in [0.15, 0.2) is 40.8 Å². The maximum Gasteiger partial charge on any atom is 0.428 e. The second-order valence-corrected chi connectivity index (χ2v) is 10.5. The van der Waals surface area contributed by atoms with E-state index in [0.29, 0.717) is 11.6 Å². The predicted molar refractivity (Wildman–Crippen MR) is 157 cm³/mol. The molecule has 3 rings (SSSR count). The lowest BCUT2D eigenvalue weighted by Crippen LogP contribution is -2.49. The highest BCUT2D eigenvalue weighted by atomic mass is 19.4. The van der Waals surface area contributed by atoms with Gasteiger partial charge in [-0.15, -0.1) is 10.2 Å². The van der Waals surface area contributed by atoms with E-state index in [2.05, 4.69) is 19.9 Å². The topological polar surface area (TPSA) is 155 Å². The van der Waals surface area contributed by atoms with E-state index in [0.717, 1.165) is 7.11 Å². The summed E-state index contributed by atoms with van der Waals surface area (Å²) >= 11 is 0. The lowest BCUT2D eigenvalue weighted by molar-refractivity contribution is -0.311. The van der Waals surface area contributed by atoms with Gasteiger partial charge in [0, 0.05) is 13.2 Å². The van der Waals surface area contributed by atoms with Gasteiger partial charge < -0.3 is 28.5 Å². The van der Waals surface area contributed by atoms with Gasteiger partial charge in [-0.25, -0.2) is 14.6 Å². The first-order valence-electron chi connectivity index (χ1n) is 14.4. The van der Waals surface area contributed by atoms with Crippen LogP contribution in [0, 0.1) is 0 Å². The van der Waals surface area contributed by atoms with Gasteiger partial charge in [-0.2, -0.15) is 26.3 Å². The maximum atomic E-state index is 14.8. The number of rotatable bonds is 12. The number of hydrogen-bond acceptors (Lipinski definition) is 11.